The van der Waals surface area contributed by atoms with E-state index in [0.29, 0.717) is 0 Å². The largest absolute Gasteiger partial charge is 0.394 e. The molecule has 1 saturated carbocycles. The van der Waals surface area contributed by atoms with Crippen molar-refractivity contribution in [2.24, 2.45) is 5.92 Å². The summed E-state index contributed by atoms with van der Waals surface area (Å²) in [7, 11) is 0. The zero-order chi connectivity index (χ0) is 11.6. The molecule has 0 aromatic heterocycles. The van der Waals surface area contributed by atoms with Gasteiger partial charge in [-0.2, -0.15) is 0 Å². The lowest BCUT2D eigenvalue weighted by molar-refractivity contribution is 0.209. The lowest BCUT2D eigenvalue weighted by Crippen LogP contribution is -2.39. The lowest BCUT2D eigenvalue weighted by Gasteiger charge is -2.30. The van der Waals surface area contributed by atoms with Crippen molar-refractivity contribution in [1.82, 2.24) is 0 Å². The summed E-state index contributed by atoms with van der Waals surface area (Å²) in [5.41, 5.74) is 2.18. The van der Waals surface area contributed by atoms with Crippen molar-refractivity contribution in [3.8, 4) is 0 Å². The van der Waals surface area contributed by atoms with E-state index in [9.17, 15) is 5.11 Å². The van der Waals surface area contributed by atoms with Crippen LogP contribution in [0, 0.1) is 12.8 Å². The Kier molecular flexibility index (Phi) is 3.20. The van der Waals surface area contributed by atoms with Crippen LogP contribution in [0.15, 0.2) is 24.3 Å². The van der Waals surface area contributed by atoms with Gasteiger partial charge in [0.1, 0.15) is 0 Å². The van der Waals surface area contributed by atoms with E-state index in [4.69, 9.17) is 0 Å². The highest BCUT2D eigenvalue weighted by Crippen LogP contribution is 2.37. The van der Waals surface area contributed by atoms with Gasteiger partial charge in [-0.15, -0.1) is 0 Å². The second-order valence-corrected chi connectivity index (χ2v) is 5.36. The monoisotopic (exact) mass is 219 g/mol. The Balaban J connectivity index is 2.04. The number of aliphatic hydroxyl groups is 1. The highest BCUT2D eigenvalue weighted by Gasteiger charge is 2.32. The summed E-state index contributed by atoms with van der Waals surface area (Å²) in [6, 6.07) is 8.32. The zero-order valence-corrected chi connectivity index (χ0v) is 10.2. The molecule has 0 spiro atoms. The zero-order valence-electron chi connectivity index (χ0n) is 10.2. The average molecular weight is 219 g/mol. The molecule has 0 bridgehead atoms. The first-order valence-corrected chi connectivity index (χ1v) is 6.07. The minimum Gasteiger partial charge on any atom is -0.394 e. The minimum atomic E-state index is -0.172. The summed E-state index contributed by atoms with van der Waals surface area (Å²) < 4.78 is 0. The van der Waals surface area contributed by atoms with Gasteiger partial charge in [-0.25, -0.2) is 0 Å². The van der Waals surface area contributed by atoms with Crippen LogP contribution in [-0.2, 0) is 0 Å². The van der Waals surface area contributed by atoms with Crippen LogP contribution in [0.3, 0.4) is 0 Å². The van der Waals surface area contributed by atoms with Crippen LogP contribution in [0.4, 0.5) is 5.69 Å². The average Bonchev–Trinajstić information content (AvgIpc) is 3.01. The van der Waals surface area contributed by atoms with Gasteiger partial charge in [-0.05, 0) is 43.9 Å². The number of anilines is 1. The fourth-order valence-corrected chi connectivity index (χ4v) is 2.19. The predicted molar refractivity (Wildman–Crippen MR) is 67.6 cm³/mol. The number of hydrogen-bond donors (Lipinski definition) is 2. The van der Waals surface area contributed by atoms with E-state index >= 15 is 0 Å². The Morgan fingerprint density at radius 2 is 2.19 bits per heavy atom. The highest BCUT2D eigenvalue weighted by molar-refractivity contribution is 5.47. The molecular weight excluding hydrogens is 198 g/mol. The van der Waals surface area contributed by atoms with Gasteiger partial charge in [-0.1, -0.05) is 25.0 Å². The summed E-state index contributed by atoms with van der Waals surface area (Å²) in [4.78, 5) is 0. The molecule has 0 heterocycles. The number of nitrogens with one attached hydrogen (secondary N) is 1. The number of aryl methyl sites for hydroxylation is 1. The molecule has 0 amide bonds. The standard InChI is InChI=1S/C14H21NO/c1-11-4-3-5-13(8-11)15-14(2,10-16)9-12-6-7-12/h3-5,8,12,15-16H,6-7,9-10H2,1-2H3. The molecule has 2 heteroatoms. The molecule has 1 aliphatic rings. The third kappa shape index (κ3) is 2.99. The normalized spacial score (nSPS) is 19.2. The van der Waals surface area contributed by atoms with Crippen LogP contribution >= 0.6 is 0 Å². The first kappa shape index (κ1) is 11.5. The van der Waals surface area contributed by atoms with Gasteiger partial charge in [0.25, 0.3) is 0 Å². The van der Waals surface area contributed by atoms with E-state index in [-0.39, 0.29) is 12.1 Å². The quantitative estimate of drug-likeness (QED) is 0.798. The Morgan fingerprint density at radius 1 is 1.44 bits per heavy atom. The van der Waals surface area contributed by atoms with Crippen molar-refractivity contribution in [3.05, 3.63) is 29.8 Å². The molecule has 0 saturated heterocycles. The third-order valence-electron chi connectivity index (χ3n) is 3.25. The van der Waals surface area contributed by atoms with Crippen LogP contribution in [0.5, 0.6) is 0 Å². The molecule has 16 heavy (non-hydrogen) atoms. The predicted octanol–water partition coefficient (Wildman–Crippen LogP) is 2.96. The molecule has 2 N–H and O–H groups in total. The second-order valence-electron chi connectivity index (χ2n) is 5.36. The van der Waals surface area contributed by atoms with E-state index in [1.807, 2.05) is 6.07 Å². The van der Waals surface area contributed by atoms with E-state index in [2.05, 4.69) is 37.4 Å². The molecule has 1 aliphatic carbocycles. The first-order valence-electron chi connectivity index (χ1n) is 6.07. The van der Waals surface area contributed by atoms with Crippen molar-refractivity contribution >= 4 is 5.69 Å². The van der Waals surface area contributed by atoms with Crippen LogP contribution in [0.25, 0.3) is 0 Å². The van der Waals surface area contributed by atoms with Gasteiger partial charge >= 0.3 is 0 Å². The summed E-state index contributed by atoms with van der Waals surface area (Å²) >= 11 is 0. The van der Waals surface area contributed by atoms with Gasteiger partial charge < -0.3 is 10.4 Å². The fraction of sp³-hybridized carbons (Fsp3) is 0.571. The van der Waals surface area contributed by atoms with Crippen molar-refractivity contribution in [2.75, 3.05) is 11.9 Å². The van der Waals surface area contributed by atoms with Gasteiger partial charge in [0, 0.05) is 5.69 Å². The Bertz CT molecular complexity index is 360. The van der Waals surface area contributed by atoms with E-state index in [0.717, 1.165) is 18.0 Å². The van der Waals surface area contributed by atoms with Crippen LogP contribution < -0.4 is 5.32 Å². The maximum absolute atomic E-state index is 9.53. The SMILES string of the molecule is Cc1cccc(NC(C)(CO)CC2CC2)c1. The van der Waals surface area contributed by atoms with Crippen LogP contribution in [0.1, 0.15) is 31.7 Å². The van der Waals surface area contributed by atoms with Crippen molar-refractivity contribution < 1.29 is 5.11 Å². The van der Waals surface area contributed by atoms with Crippen molar-refractivity contribution in [1.29, 1.82) is 0 Å². The number of aliphatic hydroxyl groups excluding tert-OH is 1. The second kappa shape index (κ2) is 4.46. The Labute approximate surface area is 97.7 Å². The Morgan fingerprint density at radius 3 is 2.75 bits per heavy atom. The number of benzene rings is 1. The number of hydrogen-bond acceptors (Lipinski definition) is 2. The molecule has 1 unspecified atom stereocenters. The fourth-order valence-electron chi connectivity index (χ4n) is 2.19. The molecule has 88 valence electrons. The first-order chi connectivity index (χ1) is 7.61. The maximum atomic E-state index is 9.53. The molecular formula is C14H21NO. The van der Waals surface area contributed by atoms with Gasteiger partial charge in [-0.3, -0.25) is 0 Å². The molecule has 1 aromatic rings. The van der Waals surface area contributed by atoms with Crippen LogP contribution in [0.2, 0.25) is 0 Å². The van der Waals surface area contributed by atoms with Gasteiger partial charge in [0.2, 0.25) is 0 Å². The molecule has 1 aromatic carbocycles. The lowest BCUT2D eigenvalue weighted by atomic mass is 9.95. The van der Waals surface area contributed by atoms with Gasteiger partial charge in [0.05, 0.1) is 12.1 Å². The summed E-state index contributed by atoms with van der Waals surface area (Å²) in [6.07, 6.45) is 3.72. The van der Waals surface area contributed by atoms with Crippen molar-refractivity contribution in [2.45, 2.75) is 38.6 Å². The highest BCUT2D eigenvalue weighted by atomic mass is 16.3. The molecule has 1 atom stereocenters. The molecule has 0 aliphatic heterocycles. The third-order valence-corrected chi connectivity index (χ3v) is 3.25. The topological polar surface area (TPSA) is 32.3 Å². The van der Waals surface area contributed by atoms with Crippen molar-refractivity contribution in [3.63, 3.8) is 0 Å². The maximum Gasteiger partial charge on any atom is 0.0658 e. The van der Waals surface area contributed by atoms with E-state index < -0.39 is 0 Å². The number of rotatable bonds is 5. The minimum absolute atomic E-state index is 0.172. The summed E-state index contributed by atoms with van der Waals surface area (Å²) in [6.45, 7) is 4.38. The smallest absolute Gasteiger partial charge is 0.0658 e. The van der Waals surface area contributed by atoms with E-state index in [1.54, 1.807) is 0 Å². The van der Waals surface area contributed by atoms with Gasteiger partial charge in [0.15, 0.2) is 0 Å². The Hall–Kier alpha value is -1.02. The molecule has 2 rings (SSSR count). The molecule has 2 nitrogen and oxygen atoms in total. The van der Waals surface area contributed by atoms with E-state index in [1.165, 1.54) is 18.4 Å². The summed E-state index contributed by atoms with van der Waals surface area (Å²) in [5, 5.41) is 13.0. The molecule has 1 fully saturated rings. The summed E-state index contributed by atoms with van der Waals surface area (Å²) in [5.74, 6) is 0.814. The molecule has 0 radical (unpaired) electrons. The van der Waals surface area contributed by atoms with Crippen LogP contribution in [-0.4, -0.2) is 17.3 Å².